The number of hydrogen-bond donors (Lipinski definition) is 0. The minimum absolute atomic E-state index is 0.0500. The first-order chi connectivity index (χ1) is 12.8. The van der Waals surface area contributed by atoms with Gasteiger partial charge in [-0.25, -0.2) is 4.79 Å². The van der Waals surface area contributed by atoms with E-state index < -0.39 is 0 Å². The van der Waals surface area contributed by atoms with Crippen LogP contribution in [0.3, 0.4) is 0 Å². The molecule has 2 fully saturated rings. The SMILES string of the molecule is C[C@@H]1C(=O)CC[C@@H]2[C@](C)(COc3ccc4ccc(=O)oc4c3)CCC[C@@]12C. The van der Waals surface area contributed by atoms with Crippen molar-refractivity contribution in [1.29, 1.82) is 0 Å². The number of carbonyl (C=O) groups is 1. The standard InChI is InChI=1S/C23H28O4/c1-15-18(24)8-9-20-22(2,11-4-12-23(15,20)3)14-26-17-7-5-16-6-10-21(25)27-19(16)13-17/h5-7,10,13,15,20H,4,8-9,11-12,14H2,1-3H3/t15-,20-,22+,23+/m1/s1. The number of ketones is 1. The zero-order valence-electron chi connectivity index (χ0n) is 16.4. The molecule has 144 valence electrons. The largest absolute Gasteiger partial charge is 0.493 e. The second-order valence-corrected chi connectivity index (χ2v) is 9.04. The molecule has 0 spiro atoms. The lowest BCUT2D eigenvalue weighted by Gasteiger charge is -2.56. The van der Waals surface area contributed by atoms with Crippen molar-refractivity contribution < 1.29 is 13.9 Å². The van der Waals surface area contributed by atoms with E-state index in [1.165, 1.54) is 6.07 Å². The Labute approximate surface area is 159 Å². The second kappa shape index (κ2) is 6.50. The van der Waals surface area contributed by atoms with E-state index in [0.29, 0.717) is 30.3 Å². The Bertz CT molecular complexity index is 929. The van der Waals surface area contributed by atoms with Gasteiger partial charge in [0.15, 0.2) is 0 Å². The van der Waals surface area contributed by atoms with Crippen LogP contribution in [0.4, 0.5) is 0 Å². The van der Waals surface area contributed by atoms with Crippen LogP contribution in [0.2, 0.25) is 0 Å². The fraction of sp³-hybridized carbons (Fsp3) is 0.565. The van der Waals surface area contributed by atoms with Gasteiger partial charge in [-0.15, -0.1) is 0 Å². The third-order valence-electron chi connectivity index (χ3n) is 7.42. The highest BCUT2D eigenvalue weighted by Crippen LogP contribution is 2.59. The number of benzene rings is 1. The Morgan fingerprint density at radius 1 is 1.15 bits per heavy atom. The van der Waals surface area contributed by atoms with Crippen LogP contribution in [0.25, 0.3) is 11.0 Å². The summed E-state index contributed by atoms with van der Waals surface area (Å²) in [5.41, 5.74) is 0.321. The molecule has 4 nitrogen and oxygen atoms in total. The van der Waals surface area contributed by atoms with E-state index in [1.54, 1.807) is 12.1 Å². The van der Waals surface area contributed by atoms with E-state index in [4.69, 9.17) is 9.15 Å². The van der Waals surface area contributed by atoms with Crippen molar-refractivity contribution in [2.45, 2.75) is 52.9 Å². The van der Waals surface area contributed by atoms with Gasteiger partial charge in [0.2, 0.25) is 0 Å². The van der Waals surface area contributed by atoms with Gasteiger partial charge in [-0.3, -0.25) is 4.79 Å². The quantitative estimate of drug-likeness (QED) is 0.717. The van der Waals surface area contributed by atoms with Gasteiger partial charge in [-0.1, -0.05) is 27.2 Å². The summed E-state index contributed by atoms with van der Waals surface area (Å²) in [6.07, 6.45) is 5.04. The Hall–Kier alpha value is -2.10. The normalized spacial score (nSPS) is 33.7. The van der Waals surface area contributed by atoms with Crippen LogP contribution >= 0.6 is 0 Å². The molecule has 2 aromatic rings. The van der Waals surface area contributed by atoms with Crippen molar-refractivity contribution in [2.24, 2.45) is 22.7 Å². The third-order valence-corrected chi connectivity index (χ3v) is 7.42. The predicted molar refractivity (Wildman–Crippen MR) is 105 cm³/mol. The molecule has 0 N–H and O–H groups in total. The van der Waals surface area contributed by atoms with Crippen LogP contribution < -0.4 is 10.4 Å². The van der Waals surface area contributed by atoms with E-state index in [0.717, 1.165) is 36.8 Å². The average Bonchev–Trinajstić information content (AvgIpc) is 2.64. The molecule has 2 aliphatic carbocycles. The molecular formula is C23H28O4. The first kappa shape index (κ1) is 18.3. The molecule has 2 aliphatic rings. The maximum absolute atomic E-state index is 12.3. The second-order valence-electron chi connectivity index (χ2n) is 9.04. The van der Waals surface area contributed by atoms with Crippen LogP contribution in [0, 0.1) is 22.7 Å². The molecule has 0 saturated heterocycles. The molecule has 0 bridgehead atoms. The van der Waals surface area contributed by atoms with E-state index >= 15 is 0 Å². The summed E-state index contributed by atoms with van der Waals surface area (Å²) in [6.45, 7) is 7.36. The fourth-order valence-electron chi connectivity index (χ4n) is 5.64. The van der Waals surface area contributed by atoms with Gasteiger partial charge in [-0.05, 0) is 48.8 Å². The molecule has 1 heterocycles. The highest BCUT2D eigenvalue weighted by atomic mass is 16.5. The lowest BCUT2D eigenvalue weighted by Crippen LogP contribution is -2.53. The number of hydrogen-bond acceptors (Lipinski definition) is 4. The molecule has 1 aromatic heterocycles. The Morgan fingerprint density at radius 2 is 1.93 bits per heavy atom. The maximum Gasteiger partial charge on any atom is 0.336 e. The van der Waals surface area contributed by atoms with Gasteiger partial charge in [-0.2, -0.15) is 0 Å². The van der Waals surface area contributed by atoms with Gasteiger partial charge in [0.1, 0.15) is 17.1 Å². The smallest absolute Gasteiger partial charge is 0.336 e. The summed E-state index contributed by atoms with van der Waals surface area (Å²) in [6, 6.07) is 8.84. The maximum atomic E-state index is 12.3. The number of fused-ring (bicyclic) bond motifs is 2. The number of Topliss-reactive ketones (excluding diaryl/α,β-unsaturated/α-hetero) is 1. The van der Waals surface area contributed by atoms with Gasteiger partial charge >= 0.3 is 5.63 Å². The minimum atomic E-state index is -0.351. The monoisotopic (exact) mass is 368 g/mol. The summed E-state index contributed by atoms with van der Waals surface area (Å²) in [5, 5.41) is 0.887. The predicted octanol–water partition coefficient (Wildman–Crippen LogP) is 4.98. The van der Waals surface area contributed by atoms with Crippen LogP contribution in [-0.2, 0) is 4.79 Å². The van der Waals surface area contributed by atoms with E-state index in [9.17, 15) is 9.59 Å². The topological polar surface area (TPSA) is 56.5 Å². The minimum Gasteiger partial charge on any atom is -0.493 e. The Kier molecular flexibility index (Phi) is 4.40. The van der Waals surface area contributed by atoms with Gasteiger partial charge in [0.25, 0.3) is 0 Å². The van der Waals surface area contributed by atoms with E-state index in [1.807, 2.05) is 12.1 Å². The lowest BCUT2D eigenvalue weighted by molar-refractivity contribution is -0.144. The first-order valence-electron chi connectivity index (χ1n) is 10.0. The zero-order chi connectivity index (χ0) is 19.2. The summed E-state index contributed by atoms with van der Waals surface area (Å²) >= 11 is 0. The number of carbonyl (C=O) groups excluding carboxylic acids is 1. The molecule has 0 amide bonds. The lowest BCUT2D eigenvalue weighted by atomic mass is 9.48. The van der Waals surface area contributed by atoms with Crippen LogP contribution in [0.5, 0.6) is 5.75 Å². The van der Waals surface area contributed by atoms with Crippen LogP contribution in [0.15, 0.2) is 39.5 Å². The van der Waals surface area contributed by atoms with Crippen molar-refractivity contribution >= 4 is 16.8 Å². The Morgan fingerprint density at radius 3 is 2.74 bits per heavy atom. The summed E-state index contributed by atoms with van der Waals surface area (Å²) in [7, 11) is 0. The van der Waals surface area contributed by atoms with Gasteiger partial charge in [0.05, 0.1) is 6.61 Å². The molecule has 4 heteroatoms. The highest BCUT2D eigenvalue weighted by molar-refractivity contribution is 5.82. The van der Waals surface area contributed by atoms with Crippen molar-refractivity contribution in [3.05, 3.63) is 40.8 Å². The van der Waals surface area contributed by atoms with E-state index in [2.05, 4.69) is 20.8 Å². The summed E-state index contributed by atoms with van der Waals surface area (Å²) in [4.78, 5) is 23.8. The summed E-state index contributed by atoms with van der Waals surface area (Å²) in [5.74, 6) is 1.77. The molecule has 2 saturated carbocycles. The molecule has 4 atom stereocenters. The molecule has 0 unspecified atom stereocenters. The molecular weight excluding hydrogens is 340 g/mol. The van der Waals surface area contributed by atoms with Crippen LogP contribution in [-0.4, -0.2) is 12.4 Å². The number of rotatable bonds is 3. The van der Waals surface area contributed by atoms with Crippen molar-refractivity contribution in [3.63, 3.8) is 0 Å². The molecule has 1 aromatic carbocycles. The average molecular weight is 368 g/mol. The zero-order valence-corrected chi connectivity index (χ0v) is 16.4. The van der Waals surface area contributed by atoms with Crippen molar-refractivity contribution in [2.75, 3.05) is 6.61 Å². The highest BCUT2D eigenvalue weighted by Gasteiger charge is 2.54. The van der Waals surface area contributed by atoms with Gasteiger partial charge < -0.3 is 9.15 Å². The Balaban J connectivity index is 1.56. The summed E-state index contributed by atoms with van der Waals surface area (Å²) < 4.78 is 11.5. The van der Waals surface area contributed by atoms with Crippen molar-refractivity contribution in [1.82, 2.24) is 0 Å². The number of ether oxygens (including phenoxy) is 1. The van der Waals surface area contributed by atoms with Crippen molar-refractivity contribution in [3.8, 4) is 5.75 Å². The fourth-order valence-corrected chi connectivity index (χ4v) is 5.64. The third kappa shape index (κ3) is 3.09. The first-order valence-corrected chi connectivity index (χ1v) is 10.0. The molecule has 0 radical (unpaired) electrons. The van der Waals surface area contributed by atoms with Crippen LogP contribution in [0.1, 0.15) is 52.9 Å². The molecule has 4 rings (SSSR count). The van der Waals surface area contributed by atoms with Gasteiger partial charge in [0, 0.05) is 35.3 Å². The van der Waals surface area contributed by atoms with E-state index in [-0.39, 0.29) is 22.4 Å². The molecule has 0 aliphatic heterocycles. The molecule has 27 heavy (non-hydrogen) atoms.